The zero-order valence-electron chi connectivity index (χ0n) is 15.2. The predicted octanol–water partition coefficient (Wildman–Crippen LogP) is 3.56. The summed E-state index contributed by atoms with van der Waals surface area (Å²) in [4.78, 5) is 24.2. The van der Waals surface area contributed by atoms with Crippen LogP contribution >= 0.6 is 11.8 Å². The van der Waals surface area contributed by atoms with Crippen molar-refractivity contribution in [3.63, 3.8) is 0 Å². The van der Waals surface area contributed by atoms with Crippen molar-refractivity contribution in [1.82, 2.24) is 10.9 Å². The van der Waals surface area contributed by atoms with Crippen LogP contribution in [0.5, 0.6) is 5.75 Å². The number of benzene rings is 2. The Morgan fingerprint density at radius 1 is 0.962 bits per heavy atom. The molecule has 0 bridgehead atoms. The molecule has 2 amide bonds. The number of rotatable bonds is 7. The SMILES string of the molecule is CC(C)Oc1ccc(C(=O)NNC(=O)[C@H](C)SCc2ccccc2)cc1. The van der Waals surface area contributed by atoms with E-state index in [1.165, 1.54) is 11.8 Å². The van der Waals surface area contributed by atoms with Crippen LogP contribution in [0.1, 0.15) is 36.7 Å². The van der Waals surface area contributed by atoms with Crippen molar-refractivity contribution in [1.29, 1.82) is 0 Å². The van der Waals surface area contributed by atoms with Gasteiger partial charge in [-0.25, -0.2) is 0 Å². The standard InChI is InChI=1S/C20H24N2O3S/c1-14(2)25-18-11-9-17(10-12-18)20(24)22-21-19(23)15(3)26-13-16-7-5-4-6-8-16/h4-12,14-15H,13H2,1-3H3,(H,21,23)(H,22,24)/t15-/m0/s1. The Bertz CT molecular complexity index is 718. The van der Waals surface area contributed by atoms with Crippen molar-refractivity contribution in [3.05, 3.63) is 65.7 Å². The Labute approximate surface area is 158 Å². The molecule has 26 heavy (non-hydrogen) atoms. The molecule has 0 spiro atoms. The number of amides is 2. The minimum Gasteiger partial charge on any atom is -0.491 e. The lowest BCUT2D eigenvalue weighted by Crippen LogP contribution is -2.44. The van der Waals surface area contributed by atoms with E-state index in [-0.39, 0.29) is 23.2 Å². The number of hydrazine groups is 1. The Balaban J connectivity index is 1.77. The second-order valence-electron chi connectivity index (χ2n) is 6.07. The summed E-state index contributed by atoms with van der Waals surface area (Å²) in [5.41, 5.74) is 6.53. The van der Waals surface area contributed by atoms with Gasteiger partial charge in [0.2, 0.25) is 0 Å². The number of thioether (sulfide) groups is 1. The molecule has 0 aliphatic carbocycles. The summed E-state index contributed by atoms with van der Waals surface area (Å²) in [5.74, 6) is 0.834. The van der Waals surface area contributed by atoms with Crippen molar-refractivity contribution in [3.8, 4) is 5.75 Å². The normalized spacial score (nSPS) is 11.7. The van der Waals surface area contributed by atoms with Gasteiger partial charge in [-0.05, 0) is 50.6 Å². The van der Waals surface area contributed by atoms with Crippen molar-refractivity contribution in [2.24, 2.45) is 0 Å². The molecular weight excluding hydrogens is 348 g/mol. The predicted molar refractivity (Wildman–Crippen MR) is 105 cm³/mol. The van der Waals surface area contributed by atoms with Crippen molar-refractivity contribution in [2.45, 2.75) is 37.9 Å². The van der Waals surface area contributed by atoms with E-state index in [4.69, 9.17) is 4.74 Å². The molecule has 0 saturated carbocycles. The van der Waals surface area contributed by atoms with Gasteiger partial charge in [0.1, 0.15) is 5.75 Å². The van der Waals surface area contributed by atoms with Gasteiger partial charge in [-0.2, -0.15) is 0 Å². The van der Waals surface area contributed by atoms with Gasteiger partial charge in [-0.3, -0.25) is 20.4 Å². The van der Waals surface area contributed by atoms with Gasteiger partial charge in [0, 0.05) is 11.3 Å². The second kappa shape index (κ2) is 9.87. The highest BCUT2D eigenvalue weighted by molar-refractivity contribution is 7.99. The van der Waals surface area contributed by atoms with Gasteiger partial charge in [-0.1, -0.05) is 30.3 Å². The molecule has 1 atom stereocenters. The molecule has 2 N–H and O–H groups in total. The highest BCUT2D eigenvalue weighted by atomic mass is 32.2. The van der Waals surface area contributed by atoms with Gasteiger partial charge in [0.05, 0.1) is 11.4 Å². The molecule has 0 aliphatic rings. The zero-order valence-corrected chi connectivity index (χ0v) is 16.0. The van der Waals surface area contributed by atoms with E-state index in [2.05, 4.69) is 10.9 Å². The first-order valence-electron chi connectivity index (χ1n) is 8.48. The monoisotopic (exact) mass is 372 g/mol. The summed E-state index contributed by atoms with van der Waals surface area (Å²) in [5, 5.41) is -0.280. The average Bonchev–Trinajstić information content (AvgIpc) is 2.64. The lowest BCUT2D eigenvalue weighted by Gasteiger charge is -2.13. The topological polar surface area (TPSA) is 67.4 Å². The molecule has 0 saturated heterocycles. The van der Waals surface area contributed by atoms with E-state index in [1.54, 1.807) is 24.3 Å². The fourth-order valence-corrected chi connectivity index (χ4v) is 2.97. The van der Waals surface area contributed by atoms with E-state index >= 15 is 0 Å². The number of carbonyl (C=O) groups excluding carboxylic acids is 2. The van der Waals surface area contributed by atoms with Gasteiger partial charge >= 0.3 is 0 Å². The minimum absolute atomic E-state index is 0.0730. The van der Waals surface area contributed by atoms with Crippen LogP contribution in [0, 0.1) is 0 Å². The molecule has 2 rings (SSSR count). The molecule has 0 heterocycles. The van der Waals surface area contributed by atoms with Crippen molar-refractivity contribution >= 4 is 23.6 Å². The maximum atomic E-state index is 12.1. The largest absolute Gasteiger partial charge is 0.491 e. The fourth-order valence-electron chi connectivity index (χ4n) is 2.12. The molecular formula is C20H24N2O3S. The van der Waals surface area contributed by atoms with Crippen molar-refractivity contribution in [2.75, 3.05) is 0 Å². The molecule has 0 unspecified atom stereocenters. The van der Waals surface area contributed by atoms with Crippen LogP contribution in [0.15, 0.2) is 54.6 Å². The van der Waals surface area contributed by atoms with E-state index < -0.39 is 0 Å². The minimum atomic E-state index is -0.366. The van der Waals surface area contributed by atoms with Crippen LogP contribution in [-0.2, 0) is 10.5 Å². The first-order chi connectivity index (χ1) is 12.5. The first-order valence-corrected chi connectivity index (χ1v) is 9.53. The molecule has 2 aromatic rings. The van der Waals surface area contributed by atoms with Crippen LogP contribution < -0.4 is 15.6 Å². The molecule has 5 nitrogen and oxygen atoms in total. The van der Waals surface area contributed by atoms with Crippen LogP contribution in [0.2, 0.25) is 0 Å². The Kier molecular flexibility index (Phi) is 7.53. The van der Waals surface area contributed by atoms with Crippen molar-refractivity contribution < 1.29 is 14.3 Å². The highest BCUT2D eigenvalue weighted by Crippen LogP contribution is 2.17. The van der Waals surface area contributed by atoms with Crippen LogP contribution in [0.4, 0.5) is 0 Å². The van der Waals surface area contributed by atoms with E-state index in [0.717, 1.165) is 11.3 Å². The maximum Gasteiger partial charge on any atom is 0.269 e. The number of nitrogens with one attached hydrogen (secondary N) is 2. The number of ether oxygens (including phenoxy) is 1. The van der Waals surface area contributed by atoms with Gasteiger partial charge in [-0.15, -0.1) is 11.8 Å². The Morgan fingerprint density at radius 3 is 2.23 bits per heavy atom. The molecule has 0 aromatic heterocycles. The molecule has 0 fully saturated rings. The number of carbonyl (C=O) groups is 2. The number of hydrogen-bond acceptors (Lipinski definition) is 4. The lowest BCUT2D eigenvalue weighted by atomic mass is 10.2. The second-order valence-corrected chi connectivity index (χ2v) is 7.40. The summed E-state index contributed by atoms with van der Waals surface area (Å²) >= 11 is 1.51. The van der Waals surface area contributed by atoms with E-state index in [0.29, 0.717) is 11.3 Å². The summed E-state index contributed by atoms with van der Waals surface area (Å²) in [6.45, 7) is 5.69. The van der Waals surface area contributed by atoms with Gasteiger partial charge in [0.25, 0.3) is 11.8 Å². The third-order valence-electron chi connectivity index (χ3n) is 3.50. The van der Waals surface area contributed by atoms with Crippen LogP contribution in [0.25, 0.3) is 0 Å². The molecule has 2 aromatic carbocycles. The quantitative estimate of drug-likeness (QED) is 0.730. The maximum absolute atomic E-state index is 12.1. The van der Waals surface area contributed by atoms with Gasteiger partial charge in [0.15, 0.2) is 0 Å². The first kappa shape index (κ1) is 19.8. The molecule has 6 heteroatoms. The summed E-state index contributed by atoms with van der Waals surface area (Å²) < 4.78 is 5.54. The molecule has 0 aliphatic heterocycles. The smallest absolute Gasteiger partial charge is 0.269 e. The Hall–Kier alpha value is -2.47. The number of hydrogen-bond donors (Lipinski definition) is 2. The van der Waals surface area contributed by atoms with E-state index in [1.807, 2.05) is 51.1 Å². The summed E-state index contributed by atoms with van der Waals surface area (Å²) in [7, 11) is 0. The molecule has 0 radical (unpaired) electrons. The zero-order chi connectivity index (χ0) is 18.9. The Morgan fingerprint density at radius 2 is 1.62 bits per heavy atom. The van der Waals surface area contributed by atoms with Crippen LogP contribution in [-0.4, -0.2) is 23.2 Å². The highest BCUT2D eigenvalue weighted by Gasteiger charge is 2.15. The average molecular weight is 372 g/mol. The lowest BCUT2D eigenvalue weighted by molar-refractivity contribution is -0.121. The molecule has 138 valence electrons. The van der Waals surface area contributed by atoms with E-state index in [9.17, 15) is 9.59 Å². The van der Waals surface area contributed by atoms with Gasteiger partial charge < -0.3 is 4.74 Å². The van der Waals surface area contributed by atoms with Crippen LogP contribution in [0.3, 0.4) is 0 Å². The fraction of sp³-hybridized carbons (Fsp3) is 0.300. The third kappa shape index (κ3) is 6.44. The summed E-state index contributed by atoms with van der Waals surface area (Å²) in [6, 6.07) is 16.7. The summed E-state index contributed by atoms with van der Waals surface area (Å²) in [6.07, 6.45) is 0.0730. The third-order valence-corrected chi connectivity index (χ3v) is 4.71.